The van der Waals surface area contributed by atoms with Crippen LogP contribution in [-0.2, 0) is 26.7 Å². The molecule has 12 heteroatoms. The molecule has 3 rings (SSSR count). The second kappa shape index (κ2) is 5.68. The highest BCUT2D eigenvalue weighted by Crippen LogP contribution is 2.42. The third-order valence-electron chi connectivity index (χ3n) is 3.23. The molecule has 3 aromatic rings. The molecule has 0 aliphatic rings. The summed E-state index contributed by atoms with van der Waals surface area (Å²) in [6.07, 6.45) is 1.23. The summed E-state index contributed by atoms with van der Waals surface area (Å²) in [5.74, 6) is 0. The van der Waals surface area contributed by atoms with E-state index in [1.165, 1.54) is 0 Å². The summed E-state index contributed by atoms with van der Waals surface area (Å²) in [6.45, 7) is 3.46. The van der Waals surface area contributed by atoms with Crippen molar-refractivity contribution >= 4 is 63.3 Å². The number of rotatable bonds is 4. The Morgan fingerprint density at radius 2 is 1.42 bits per heavy atom. The monoisotopic (exact) mass is 408 g/mol. The van der Waals surface area contributed by atoms with Gasteiger partial charge in [0, 0.05) is 0 Å². The van der Waals surface area contributed by atoms with Gasteiger partial charge in [0.05, 0.1) is 19.4 Å². The number of aryl methyl sites for hydroxylation is 2. The van der Waals surface area contributed by atoms with Crippen molar-refractivity contribution in [1.29, 1.82) is 0 Å². The van der Waals surface area contributed by atoms with Crippen molar-refractivity contribution in [3.8, 4) is 0 Å². The van der Waals surface area contributed by atoms with E-state index in [9.17, 15) is 25.9 Å². The second-order valence-electron chi connectivity index (χ2n) is 5.05. The molecule has 130 valence electrons. The molecular formula is C12H12N2O6S4. The zero-order valence-corrected chi connectivity index (χ0v) is 15.7. The third kappa shape index (κ3) is 2.82. The third-order valence-corrected chi connectivity index (χ3v) is 7.43. The summed E-state index contributed by atoms with van der Waals surface area (Å²) in [4.78, 5) is 7.29. The van der Waals surface area contributed by atoms with E-state index in [4.69, 9.17) is 0 Å². The first-order valence-corrected chi connectivity index (χ1v) is 11.2. The summed E-state index contributed by atoms with van der Waals surface area (Å²) in [5.41, 5.74) is -0.332. The highest BCUT2D eigenvalue weighted by atomic mass is 32.2. The minimum absolute atomic E-state index is 0.0219. The molecule has 0 aliphatic carbocycles. The first-order chi connectivity index (χ1) is 11.0. The van der Waals surface area contributed by atoms with Gasteiger partial charge in [-0.1, -0.05) is 6.92 Å². The van der Waals surface area contributed by atoms with E-state index in [0.717, 1.165) is 22.7 Å². The normalized spacial score (nSPS) is 13.2. The molecule has 0 saturated heterocycles. The largest absolute Gasteiger partial charge is 0.298 e. The number of hydrogen-bond donors (Lipinski definition) is 2. The van der Waals surface area contributed by atoms with Gasteiger partial charge in [-0.05, 0) is 19.8 Å². The van der Waals surface area contributed by atoms with Crippen molar-refractivity contribution in [1.82, 2.24) is 9.97 Å². The van der Waals surface area contributed by atoms with E-state index >= 15 is 0 Å². The summed E-state index contributed by atoms with van der Waals surface area (Å²) in [7, 11) is -9.34. The molecule has 24 heavy (non-hydrogen) atoms. The van der Waals surface area contributed by atoms with Crippen LogP contribution in [0.4, 0.5) is 0 Å². The maximum atomic E-state index is 11.9. The van der Waals surface area contributed by atoms with Crippen LogP contribution in [0.1, 0.15) is 23.4 Å². The van der Waals surface area contributed by atoms with Crippen molar-refractivity contribution in [3.05, 3.63) is 10.0 Å². The Labute approximate surface area is 145 Å². The van der Waals surface area contributed by atoms with E-state index in [1.807, 2.05) is 6.92 Å². The number of hydrogen-bond acceptors (Lipinski definition) is 8. The van der Waals surface area contributed by atoms with Gasteiger partial charge in [0.25, 0.3) is 20.2 Å². The number of fused-ring (bicyclic) bond motifs is 2. The smallest absolute Gasteiger partial charge is 0.282 e. The van der Waals surface area contributed by atoms with Crippen molar-refractivity contribution in [2.45, 2.75) is 36.5 Å². The first-order valence-electron chi connectivity index (χ1n) is 6.71. The molecule has 8 nitrogen and oxygen atoms in total. The van der Waals surface area contributed by atoms with E-state index in [0.29, 0.717) is 22.9 Å². The van der Waals surface area contributed by atoms with Crippen molar-refractivity contribution in [3.63, 3.8) is 0 Å². The van der Waals surface area contributed by atoms with Gasteiger partial charge in [0.15, 0.2) is 0 Å². The van der Waals surface area contributed by atoms with Crippen LogP contribution in [0.2, 0.25) is 0 Å². The molecule has 2 N–H and O–H groups in total. The molecule has 2 aromatic heterocycles. The van der Waals surface area contributed by atoms with Crippen LogP contribution in [0.5, 0.6) is 0 Å². The Hall–Kier alpha value is -1.18. The highest BCUT2D eigenvalue weighted by molar-refractivity contribution is 7.87. The van der Waals surface area contributed by atoms with E-state index in [2.05, 4.69) is 9.97 Å². The van der Waals surface area contributed by atoms with Crippen LogP contribution in [0.3, 0.4) is 0 Å². The van der Waals surface area contributed by atoms with Crippen LogP contribution in [0.15, 0.2) is 9.79 Å². The Morgan fingerprint density at radius 1 is 0.917 bits per heavy atom. The van der Waals surface area contributed by atoms with Crippen LogP contribution >= 0.6 is 22.7 Å². The minimum atomic E-state index is -4.67. The number of aromatic nitrogens is 2. The molecule has 0 saturated carbocycles. The fourth-order valence-corrected chi connectivity index (χ4v) is 6.86. The van der Waals surface area contributed by atoms with Gasteiger partial charge in [-0.15, -0.1) is 22.7 Å². The molecular weight excluding hydrogens is 396 g/mol. The van der Waals surface area contributed by atoms with Gasteiger partial charge in [-0.3, -0.25) is 9.11 Å². The van der Waals surface area contributed by atoms with Crippen molar-refractivity contribution < 1.29 is 25.9 Å². The van der Waals surface area contributed by atoms with Gasteiger partial charge in [-0.25, -0.2) is 9.97 Å². The van der Waals surface area contributed by atoms with E-state index in [1.54, 1.807) is 6.92 Å². The van der Waals surface area contributed by atoms with E-state index < -0.39 is 30.0 Å². The van der Waals surface area contributed by atoms with Gasteiger partial charge < -0.3 is 0 Å². The standard InChI is InChI=1S/C12H12N2O6S4/c1-3-4-6-14-8-10(22-6)11(23(15,16)17)7-9(21-5(2)13-7)12(8)24(18,19)20/h3-4H2,1-2H3,(H,15,16,17)(H,18,19,20). The number of benzene rings is 1. The topological polar surface area (TPSA) is 135 Å². The number of thiazole rings is 2. The molecule has 0 radical (unpaired) electrons. The van der Waals surface area contributed by atoms with Crippen molar-refractivity contribution in [2.24, 2.45) is 0 Å². The lowest BCUT2D eigenvalue weighted by Gasteiger charge is -2.05. The lowest BCUT2D eigenvalue weighted by atomic mass is 10.3. The lowest BCUT2D eigenvalue weighted by Crippen LogP contribution is -2.05. The van der Waals surface area contributed by atoms with Crippen molar-refractivity contribution in [2.75, 3.05) is 0 Å². The molecule has 0 atom stereocenters. The zero-order valence-electron chi connectivity index (χ0n) is 12.5. The van der Waals surface area contributed by atoms with Crippen LogP contribution < -0.4 is 0 Å². The molecule has 0 aliphatic heterocycles. The van der Waals surface area contributed by atoms with Crippen LogP contribution in [0, 0.1) is 6.92 Å². The summed E-state index contributed by atoms with van der Waals surface area (Å²) >= 11 is 1.88. The second-order valence-corrected chi connectivity index (χ2v) is 10.1. The van der Waals surface area contributed by atoms with Gasteiger partial charge in [0.2, 0.25) is 0 Å². The van der Waals surface area contributed by atoms with Gasteiger partial charge in [-0.2, -0.15) is 16.8 Å². The van der Waals surface area contributed by atoms with Gasteiger partial charge >= 0.3 is 0 Å². The maximum absolute atomic E-state index is 11.9. The number of nitrogens with zero attached hydrogens (tertiary/aromatic N) is 2. The maximum Gasteiger partial charge on any atom is 0.298 e. The van der Waals surface area contributed by atoms with Gasteiger partial charge in [0.1, 0.15) is 20.8 Å². The summed E-state index contributed by atoms with van der Waals surface area (Å²) in [6, 6.07) is 0. The highest BCUT2D eigenvalue weighted by Gasteiger charge is 2.31. The fraction of sp³-hybridized carbons (Fsp3) is 0.333. The quantitative estimate of drug-likeness (QED) is 0.629. The molecule has 0 amide bonds. The molecule has 1 aromatic carbocycles. The molecule has 0 bridgehead atoms. The zero-order chi connectivity index (χ0) is 17.9. The average molecular weight is 409 g/mol. The Bertz CT molecular complexity index is 1090. The SMILES string of the molecule is CCCc1nc2c(S(=O)(=O)O)c3sc(C)nc3c(S(=O)(=O)O)c2s1. The first kappa shape index (κ1) is 17.6. The molecule has 2 heterocycles. The Morgan fingerprint density at radius 3 is 1.92 bits per heavy atom. The molecule has 0 fully saturated rings. The molecule has 0 unspecified atom stereocenters. The predicted octanol–water partition coefficient (Wildman–Crippen LogP) is 2.66. The average Bonchev–Trinajstić information content (AvgIpc) is 2.94. The minimum Gasteiger partial charge on any atom is -0.282 e. The van der Waals surface area contributed by atoms with Crippen LogP contribution in [-0.4, -0.2) is 35.9 Å². The fourth-order valence-electron chi connectivity index (χ4n) is 2.42. The molecule has 0 spiro atoms. The summed E-state index contributed by atoms with van der Waals surface area (Å²) < 4.78 is 66.7. The van der Waals surface area contributed by atoms with Crippen LogP contribution in [0.25, 0.3) is 20.4 Å². The predicted molar refractivity (Wildman–Crippen MR) is 91.2 cm³/mol. The van der Waals surface area contributed by atoms with E-state index in [-0.39, 0.29) is 20.4 Å². The Kier molecular flexibility index (Phi) is 4.17. The Balaban J connectivity index is 2.67. The summed E-state index contributed by atoms with van der Waals surface area (Å²) in [5, 5.41) is 0.905. The lowest BCUT2D eigenvalue weighted by molar-refractivity contribution is 0.481.